The summed E-state index contributed by atoms with van der Waals surface area (Å²) in [5, 5.41) is 0.495. The molecule has 1 atom stereocenters. The third kappa shape index (κ3) is 2.24. The van der Waals surface area contributed by atoms with Gasteiger partial charge in [0.15, 0.2) is 0 Å². The van der Waals surface area contributed by atoms with Crippen LogP contribution in [0.1, 0.15) is 24.0 Å². The first-order valence-electron chi connectivity index (χ1n) is 7.02. The third-order valence-corrected chi connectivity index (χ3v) is 3.85. The van der Waals surface area contributed by atoms with Gasteiger partial charge in [-0.1, -0.05) is 6.07 Å². The van der Waals surface area contributed by atoms with Crippen LogP contribution >= 0.6 is 0 Å². The zero-order valence-corrected chi connectivity index (χ0v) is 12.7. The minimum absolute atomic E-state index is 0.140. The Kier molecular flexibility index (Phi) is 3.41. The highest BCUT2D eigenvalue weighted by Gasteiger charge is 2.17. The number of carbonyl (C=O) groups is 1. The van der Waals surface area contributed by atoms with Crippen LogP contribution in [0, 0.1) is 6.92 Å². The molecule has 1 aromatic carbocycles. The van der Waals surface area contributed by atoms with E-state index in [9.17, 15) is 9.59 Å². The van der Waals surface area contributed by atoms with Crippen LogP contribution in [-0.4, -0.2) is 22.5 Å². The topological polar surface area (TPSA) is 60.7 Å². The molecule has 5 heteroatoms. The Bertz CT molecular complexity index is 944. The molecule has 1 unspecified atom stereocenters. The number of esters is 1. The number of aromatic nitrogens is 2. The molecule has 22 heavy (non-hydrogen) atoms. The van der Waals surface area contributed by atoms with Crippen molar-refractivity contribution in [3.8, 4) is 0 Å². The summed E-state index contributed by atoms with van der Waals surface area (Å²) >= 11 is 0. The summed E-state index contributed by atoms with van der Waals surface area (Å²) in [6, 6.07) is 9.03. The number of hydrogen-bond acceptors (Lipinski definition) is 4. The number of rotatable bonds is 2. The number of fused-ring (bicyclic) bond motifs is 2. The highest BCUT2D eigenvalue weighted by Crippen LogP contribution is 2.20. The quantitative estimate of drug-likeness (QED) is 0.538. The van der Waals surface area contributed by atoms with Crippen molar-refractivity contribution in [2.45, 2.75) is 19.8 Å². The third-order valence-electron chi connectivity index (χ3n) is 3.85. The van der Waals surface area contributed by atoms with Crippen molar-refractivity contribution in [1.29, 1.82) is 0 Å². The fourth-order valence-corrected chi connectivity index (χ4v) is 2.51. The lowest BCUT2D eigenvalue weighted by atomic mass is 10.00. The fourth-order valence-electron chi connectivity index (χ4n) is 2.51. The van der Waals surface area contributed by atoms with E-state index in [1.54, 1.807) is 25.3 Å². The van der Waals surface area contributed by atoms with Crippen LogP contribution < -0.4 is 5.56 Å². The van der Waals surface area contributed by atoms with Gasteiger partial charge in [-0.2, -0.15) is 0 Å². The Balaban J connectivity index is 2.26. The van der Waals surface area contributed by atoms with Crippen molar-refractivity contribution in [3.05, 3.63) is 58.0 Å². The number of aryl methyl sites for hydroxylation is 1. The number of methoxy groups -OCH3 is 1. The van der Waals surface area contributed by atoms with E-state index in [1.165, 1.54) is 11.5 Å². The van der Waals surface area contributed by atoms with E-state index in [0.717, 1.165) is 11.1 Å². The van der Waals surface area contributed by atoms with Crippen LogP contribution in [0.5, 0.6) is 0 Å². The average molecular weight is 296 g/mol. The van der Waals surface area contributed by atoms with Crippen LogP contribution in [0.2, 0.25) is 0 Å². The summed E-state index contributed by atoms with van der Waals surface area (Å²) in [5.74, 6) is -0.753. The highest BCUT2D eigenvalue weighted by molar-refractivity contribution is 5.84. The van der Waals surface area contributed by atoms with Gasteiger partial charge in [-0.15, -0.1) is 0 Å². The predicted molar refractivity (Wildman–Crippen MR) is 84.1 cm³/mol. The second-order valence-corrected chi connectivity index (χ2v) is 5.37. The van der Waals surface area contributed by atoms with Crippen molar-refractivity contribution >= 4 is 22.5 Å². The molecular weight excluding hydrogens is 280 g/mol. The van der Waals surface area contributed by atoms with Gasteiger partial charge in [0, 0.05) is 6.20 Å². The van der Waals surface area contributed by atoms with Crippen LogP contribution in [0.25, 0.3) is 16.6 Å². The standard InChI is InChI=1S/C17H16N2O3/c1-10-6-7-19-15(8-10)18-14-5-4-12(9-13(14)16(19)20)11(2)17(21)22-3/h4-9,11H,1-3H3. The second kappa shape index (κ2) is 5.26. The largest absolute Gasteiger partial charge is 0.469 e. The van der Waals surface area contributed by atoms with Gasteiger partial charge in [0.2, 0.25) is 0 Å². The van der Waals surface area contributed by atoms with Gasteiger partial charge >= 0.3 is 5.97 Å². The maximum Gasteiger partial charge on any atom is 0.312 e. The second-order valence-electron chi connectivity index (χ2n) is 5.37. The Hall–Kier alpha value is -2.69. The monoisotopic (exact) mass is 296 g/mol. The predicted octanol–water partition coefficient (Wildman–Crippen LogP) is 2.43. The first kappa shape index (κ1) is 14.3. The average Bonchev–Trinajstić information content (AvgIpc) is 2.53. The Morgan fingerprint density at radius 3 is 2.77 bits per heavy atom. The molecule has 5 nitrogen and oxygen atoms in total. The first-order valence-corrected chi connectivity index (χ1v) is 7.02. The zero-order chi connectivity index (χ0) is 15.9. The highest BCUT2D eigenvalue weighted by atomic mass is 16.5. The molecule has 0 aliphatic carbocycles. The van der Waals surface area contributed by atoms with Gasteiger partial charge in [0.05, 0.1) is 23.9 Å². The first-order chi connectivity index (χ1) is 10.5. The summed E-state index contributed by atoms with van der Waals surface area (Å²) in [7, 11) is 1.35. The van der Waals surface area contributed by atoms with E-state index in [2.05, 4.69) is 4.98 Å². The molecule has 0 N–H and O–H groups in total. The molecule has 0 fully saturated rings. The SMILES string of the molecule is COC(=O)C(C)c1ccc2nc3cc(C)ccn3c(=O)c2c1. The van der Waals surface area contributed by atoms with Crippen molar-refractivity contribution in [2.75, 3.05) is 7.11 Å². The molecule has 112 valence electrons. The Morgan fingerprint density at radius 2 is 2.05 bits per heavy atom. The molecule has 3 rings (SSSR count). The van der Waals surface area contributed by atoms with Gasteiger partial charge < -0.3 is 4.74 Å². The van der Waals surface area contributed by atoms with Gasteiger partial charge in [0.25, 0.3) is 5.56 Å². The van der Waals surface area contributed by atoms with Gasteiger partial charge in [-0.3, -0.25) is 14.0 Å². The van der Waals surface area contributed by atoms with Crippen molar-refractivity contribution < 1.29 is 9.53 Å². The number of ether oxygens (including phenoxy) is 1. The van der Waals surface area contributed by atoms with E-state index in [1.807, 2.05) is 25.1 Å². The zero-order valence-electron chi connectivity index (χ0n) is 12.7. The normalized spacial score (nSPS) is 12.5. The number of nitrogens with zero attached hydrogens (tertiary/aromatic N) is 2. The summed E-state index contributed by atoms with van der Waals surface area (Å²) in [5.41, 5.74) is 2.88. The van der Waals surface area contributed by atoms with E-state index < -0.39 is 5.92 Å². The van der Waals surface area contributed by atoms with Crippen molar-refractivity contribution in [1.82, 2.24) is 9.38 Å². The molecule has 0 spiro atoms. The van der Waals surface area contributed by atoms with Gasteiger partial charge in [0.1, 0.15) is 5.65 Å². The number of carbonyl (C=O) groups excluding carboxylic acids is 1. The van der Waals surface area contributed by atoms with Crippen molar-refractivity contribution in [3.63, 3.8) is 0 Å². The minimum Gasteiger partial charge on any atom is -0.469 e. The van der Waals surface area contributed by atoms with Crippen LogP contribution in [-0.2, 0) is 9.53 Å². The van der Waals surface area contributed by atoms with E-state index in [-0.39, 0.29) is 11.5 Å². The molecule has 2 aromatic heterocycles. The molecule has 0 saturated heterocycles. The smallest absolute Gasteiger partial charge is 0.312 e. The molecule has 2 heterocycles. The molecule has 0 bridgehead atoms. The number of pyridine rings is 1. The molecule has 0 radical (unpaired) electrons. The number of benzene rings is 1. The van der Waals surface area contributed by atoms with E-state index in [0.29, 0.717) is 16.6 Å². The van der Waals surface area contributed by atoms with E-state index in [4.69, 9.17) is 4.74 Å². The summed E-state index contributed by atoms with van der Waals surface area (Å²) in [6.45, 7) is 3.71. The van der Waals surface area contributed by atoms with Gasteiger partial charge in [-0.05, 0) is 49.2 Å². The Labute approximate surface area is 127 Å². The lowest BCUT2D eigenvalue weighted by molar-refractivity contribution is -0.141. The number of hydrogen-bond donors (Lipinski definition) is 0. The molecular formula is C17H16N2O3. The van der Waals surface area contributed by atoms with Crippen LogP contribution in [0.4, 0.5) is 0 Å². The summed E-state index contributed by atoms with van der Waals surface area (Å²) in [6.07, 6.45) is 1.72. The maximum atomic E-state index is 12.6. The molecule has 0 aliphatic rings. The molecule has 0 saturated carbocycles. The molecule has 0 aliphatic heterocycles. The summed E-state index contributed by atoms with van der Waals surface area (Å²) in [4.78, 5) is 28.8. The summed E-state index contributed by atoms with van der Waals surface area (Å²) < 4.78 is 6.27. The molecule has 0 amide bonds. The lowest BCUT2D eigenvalue weighted by Crippen LogP contribution is -2.16. The Morgan fingerprint density at radius 1 is 1.27 bits per heavy atom. The van der Waals surface area contributed by atoms with Crippen LogP contribution in [0.3, 0.4) is 0 Å². The fraction of sp³-hybridized carbons (Fsp3) is 0.235. The van der Waals surface area contributed by atoms with Crippen LogP contribution in [0.15, 0.2) is 41.3 Å². The van der Waals surface area contributed by atoms with Crippen molar-refractivity contribution in [2.24, 2.45) is 0 Å². The minimum atomic E-state index is -0.424. The van der Waals surface area contributed by atoms with E-state index >= 15 is 0 Å². The maximum absolute atomic E-state index is 12.6. The van der Waals surface area contributed by atoms with Gasteiger partial charge in [-0.25, -0.2) is 4.98 Å². The molecule has 3 aromatic rings. The lowest BCUT2D eigenvalue weighted by Gasteiger charge is -2.10.